The molecule has 1 atom stereocenters. The van der Waals surface area contributed by atoms with Crippen molar-refractivity contribution in [3.8, 4) is 0 Å². The molecule has 1 fully saturated rings. The first-order valence-corrected chi connectivity index (χ1v) is 9.56. The third-order valence-electron chi connectivity index (χ3n) is 5.23. The molecule has 1 amide bonds. The van der Waals surface area contributed by atoms with Crippen molar-refractivity contribution in [2.24, 2.45) is 0 Å². The van der Waals surface area contributed by atoms with Gasteiger partial charge in [0.15, 0.2) is 0 Å². The topological polar surface area (TPSA) is 99.4 Å². The second kappa shape index (κ2) is 8.66. The van der Waals surface area contributed by atoms with Gasteiger partial charge in [-0.2, -0.15) is 5.10 Å². The molecule has 1 aliphatic heterocycles. The summed E-state index contributed by atoms with van der Waals surface area (Å²) >= 11 is 0. The average molecular weight is 387 g/mol. The number of aromatic nitrogens is 4. The minimum Gasteiger partial charge on any atom is -0.394 e. The molecular weight excluding hydrogens is 358 g/mol. The standard InChI is InChI=1S/C19H29N7O2/c1-13-14(2)22-17(23-18(13)25-6-5-16(12-25)24(3)4)19(28)20-9-15-10-21-26(11-15)7-8-27/h10-11,16,27H,5-9,12H2,1-4H3,(H,20,28)/t16-/m1/s1. The van der Waals surface area contributed by atoms with Gasteiger partial charge in [-0.1, -0.05) is 0 Å². The molecule has 9 heteroatoms. The maximum atomic E-state index is 12.6. The van der Waals surface area contributed by atoms with Crippen LogP contribution in [0.2, 0.25) is 0 Å². The lowest BCUT2D eigenvalue weighted by atomic mass is 10.2. The molecule has 2 N–H and O–H groups in total. The normalized spacial score (nSPS) is 16.8. The Kier molecular flexibility index (Phi) is 6.25. The van der Waals surface area contributed by atoms with Crippen molar-refractivity contribution in [3.63, 3.8) is 0 Å². The lowest BCUT2D eigenvalue weighted by Gasteiger charge is -2.23. The van der Waals surface area contributed by atoms with Crippen molar-refractivity contribution in [1.29, 1.82) is 0 Å². The quantitative estimate of drug-likeness (QED) is 0.707. The first-order chi connectivity index (χ1) is 13.4. The Hall–Kier alpha value is -2.52. The zero-order valence-corrected chi connectivity index (χ0v) is 17.0. The number of carbonyl (C=O) groups is 1. The van der Waals surface area contributed by atoms with E-state index in [4.69, 9.17) is 5.11 Å². The van der Waals surface area contributed by atoms with Crippen LogP contribution in [0, 0.1) is 13.8 Å². The fraction of sp³-hybridized carbons (Fsp3) is 0.579. The van der Waals surface area contributed by atoms with Crippen LogP contribution in [0.25, 0.3) is 0 Å². The highest BCUT2D eigenvalue weighted by atomic mass is 16.3. The summed E-state index contributed by atoms with van der Waals surface area (Å²) in [5, 5.41) is 15.9. The van der Waals surface area contributed by atoms with Crippen LogP contribution in [-0.2, 0) is 13.1 Å². The van der Waals surface area contributed by atoms with E-state index < -0.39 is 0 Å². The lowest BCUT2D eigenvalue weighted by molar-refractivity contribution is 0.0940. The van der Waals surface area contributed by atoms with Gasteiger partial charge in [-0.3, -0.25) is 9.48 Å². The smallest absolute Gasteiger partial charge is 0.289 e. The predicted octanol–water partition coefficient (Wildman–Crippen LogP) is 0.353. The highest BCUT2D eigenvalue weighted by Crippen LogP contribution is 2.25. The van der Waals surface area contributed by atoms with E-state index in [0.717, 1.165) is 42.1 Å². The van der Waals surface area contributed by atoms with E-state index >= 15 is 0 Å². The monoisotopic (exact) mass is 387 g/mol. The molecule has 0 aliphatic carbocycles. The van der Waals surface area contributed by atoms with Crippen LogP contribution in [0.15, 0.2) is 12.4 Å². The SMILES string of the molecule is Cc1nc(C(=O)NCc2cnn(CCO)c2)nc(N2CC[C@@H](N(C)C)C2)c1C. The van der Waals surface area contributed by atoms with Crippen LogP contribution >= 0.6 is 0 Å². The van der Waals surface area contributed by atoms with E-state index in [1.165, 1.54) is 0 Å². The minimum absolute atomic E-state index is 0.0257. The van der Waals surface area contributed by atoms with Gasteiger partial charge >= 0.3 is 0 Å². The summed E-state index contributed by atoms with van der Waals surface area (Å²) in [5.74, 6) is 0.731. The molecule has 28 heavy (non-hydrogen) atoms. The third kappa shape index (κ3) is 4.48. The van der Waals surface area contributed by atoms with E-state index in [1.807, 2.05) is 13.8 Å². The van der Waals surface area contributed by atoms with Crippen molar-refractivity contribution >= 4 is 11.7 Å². The van der Waals surface area contributed by atoms with Crippen molar-refractivity contribution in [3.05, 3.63) is 35.0 Å². The molecule has 3 heterocycles. The average Bonchev–Trinajstić information content (AvgIpc) is 3.32. The number of carbonyl (C=O) groups excluding carboxylic acids is 1. The lowest BCUT2D eigenvalue weighted by Crippen LogP contribution is -2.33. The molecule has 9 nitrogen and oxygen atoms in total. The van der Waals surface area contributed by atoms with E-state index in [9.17, 15) is 4.79 Å². The van der Waals surface area contributed by atoms with Gasteiger partial charge in [-0.05, 0) is 34.4 Å². The summed E-state index contributed by atoms with van der Waals surface area (Å²) in [6.07, 6.45) is 4.55. The minimum atomic E-state index is -0.303. The van der Waals surface area contributed by atoms with E-state index in [1.54, 1.807) is 17.1 Å². The second-order valence-corrected chi connectivity index (χ2v) is 7.45. The van der Waals surface area contributed by atoms with Gasteiger partial charge in [-0.15, -0.1) is 0 Å². The summed E-state index contributed by atoms with van der Waals surface area (Å²) in [6, 6.07) is 0.488. The summed E-state index contributed by atoms with van der Waals surface area (Å²) in [6.45, 7) is 6.53. The highest BCUT2D eigenvalue weighted by Gasteiger charge is 2.27. The fourth-order valence-corrected chi connectivity index (χ4v) is 3.36. The predicted molar refractivity (Wildman–Crippen MR) is 106 cm³/mol. The molecule has 0 aromatic carbocycles. The molecular formula is C19H29N7O2. The number of aliphatic hydroxyl groups excluding tert-OH is 1. The van der Waals surface area contributed by atoms with Crippen LogP contribution < -0.4 is 10.2 Å². The van der Waals surface area contributed by atoms with Crippen molar-refractivity contribution in [2.45, 2.75) is 39.4 Å². The number of nitrogens with zero attached hydrogens (tertiary/aromatic N) is 6. The Balaban J connectivity index is 1.71. The number of amides is 1. The Bertz CT molecular complexity index is 834. The number of hydrogen-bond donors (Lipinski definition) is 2. The number of rotatable bonds is 7. The number of hydrogen-bond acceptors (Lipinski definition) is 7. The maximum absolute atomic E-state index is 12.6. The summed E-state index contributed by atoms with van der Waals surface area (Å²) in [7, 11) is 4.18. The first-order valence-electron chi connectivity index (χ1n) is 9.56. The Labute approximate surface area is 165 Å². The summed E-state index contributed by atoms with van der Waals surface area (Å²) in [5.41, 5.74) is 2.69. The molecule has 1 saturated heterocycles. The molecule has 0 radical (unpaired) electrons. The summed E-state index contributed by atoms with van der Waals surface area (Å²) < 4.78 is 1.64. The van der Waals surface area contributed by atoms with Crippen LogP contribution in [0.5, 0.6) is 0 Å². The van der Waals surface area contributed by atoms with Crippen LogP contribution in [0.1, 0.15) is 33.9 Å². The number of nitrogens with one attached hydrogen (secondary N) is 1. The molecule has 152 valence electrons. The van der Waals surface area contributed by atoms with Gasteiger partial charge in [0.2, 0.25) is 5.82 Å². The van der Waals surface area contributed by atoms with Gasteiger partial charge in [0, 0.05) is 48.7 Å². The van der Waals surface area contributed by atoms with Gasteiger partial charge in [0.05, 0.1) is 19.3 Å². The fourth-order valence-electron chi connectivity index (χ4n) is 3.36. The number of anilines is 1. The van der Waals surface area contributed by atoms with E-state index in [2.05, 4.69) is 44.3 Å². The molecule has 2 aromatic rings. The molecule has 0 spiro atoms. The van der Waals surface area contributed by atoms with E-state index in [0.29, 0.717) is 19.1 Å². The Morgan fingerprint density at radius 1 is 1.36 bits per heavy atom. The number of aryl methyl sites for hydroxylation is 1. The van der Waals surface area contributed by atoms with Gasteiger partial charge in [0.25, 0.3) is 5.91 Å². The van der Waals surface area contributed by atoms with Crippen LogP contribution in [-0.4, -0.2) is 75.5 Å². The molecule has 2 aromatic heterocycles. The zero-order chi connectivity index (χ0) is 20.3. The molecule has 3 rings (SSSR count). The summed E-state index contributed by atoms with van der Waals surface area (Å²) in [4.78, 5) is 26.1. The highest BCUT2D eigenvalue weighted by molar-refractivity contribution is 5.91. The first kappa shape index (κ1) is 20.2. The van der Waals surface area contributed by atoms with E-state index in [-0.39, 0.29) is 18.3 Å². The zero-order valence-electron chi connectivity index (χ0n) is 17.0. The van der Waals surface area contributed by atoms with Crippen LogP contribution in [0.4, 0.5) is 5.82 Å². The second-order valence-electron chi connectivity index (χ2n) is 7.45. The number of aliphatic hydroxyl groups is 1. The maximum Gasteiger partial charge on any atom is 0.289 e. The largest absolute Gasteiger partial charge is 0.394 e. The molecule has 1 aliphatic rings. The van der Waals surface area contributed by atoms with Crippen molar-refractivity contribution < 1.29 is 9.90 Å². The Morgan fingerprint density at radius 3 is 2.82 bits per heavy atom. The van der Waals surface area contributed by atoms with Crippen molar-refractivity contribution in [2.75, 3.05) is 38.7 Å². The van der Waals surface area contributed by atoms with Gasteiger partial charge in [-0.25, -0.2) is 9.97 Å². The molecule has 0 unspecified atom stereocenters. The third-order valence-corrected chi connectivity index (χ3v) is 5.23. The van der Waals surface area contributed by atoms with Gasteiger partial charge < -0.3 is 20.2 Å². The van der Waals surface area contributed by atoms with Gasteiger partial charge in [0.1, 0.15) is 5.82 Å². The Morgan fingerprint density at radius 2 is 2.14 bits per heavy atom. The molecule has 0 saturated carbocycles. The number of likely N-dealkylation sites (N-methyl/N-ethyl adjacent to an activating group) is 1. The molecule has 0 bridgehead atoms. The van der Waals surface area contributed by atoms with Crippen LogP contribution in [0.3, 0.4) is 0 Å². The van der Waals surface area contributed by atoms with Crippen molar-refractivity contribution in [1.82, 2.24) is 30.0 Å².